The Labute approximate surface area is 101 Å². The van der Waals surface area contributed by atoms with E-state index in [0.717, 1.165) is 12.1 Å². The van der Waals surface area contributed by atoms with Gasteiger partial charge in [-0.1, -0.05) is 36.4 Å². The van der Waals surface area contributed by atoms with Crippen molar-refractivity contribution in [3.8, 4) is 0 Å². The molecule has 17 heavy (non-hydrogen) atoms. The van der Waals surface area contributed by atoms with Gasteiger partial charge in [-0.2, -0.15) is 0 Å². The standard InChI is InChI=1S/C15H16FN/c1-12(10-13-6-3-2-4-7-13)17-15-9-5-8-14(16)11-15/h2-9,11-12,17H,10H2,1H3. The van der Waals surface area contributed by atoms with Crippen LogP contribution in [0.3, 0.4) is 0 Å². The monoisotopic (exact) mass is 229 g/mol. The first-order chi connectivity index (χ1) is 8.24. The van der Waals surface area contributed by atoms with Crippen LogP contribution in [0.15, 0.2) is 54.6 Å². The predicted molar refractivity (Wildman–Crippen MR) is 69.6 cm³/mol. The second-order valence-electron chi connectivity index (χ2n) is 4.25. The van der Waals surface area contributed by atoms with Crippen molar-refractivity contribution in [3.63, 3.8) is 0 Å². The molecule has 0 spiro atoms. The van der Waals surface area contributed by atoms with Crippen LogP contribution in [-0.4, -0.2) is 6.04 Å². The van der Waals surface area contributed by atoms with Crippen molar-refractivity contribution in [3.05, 3.63) is 66.0 Å². The number of rotatable bonds is 4. The molecule has 0 fully saturated rings. The molecule has 0 saturated carbocycles. The maximum Gasteiger partial charge on any atom is 0.125 e. The Bertz CT molecular complexity index is 467. The molecule has 2 aromatic carbocycles. The molecular weight excluding hydrogens is 213 g/mol. The molecule has 0 bridgehead atoms. The van der Waals surface area contributed by atoms with Gasteiger partial charge in [-0.15, -0.1) is 0 Å². The van der Waals surface area contributed by atoms with Crippen molar-refractivity contribution in [1.29, 1.82) is 0 Å². The van der Waals surface area contributed by atoms with Gasteiger partial charge in [0, 0.05) is 11.7 Å². The number of halogens is 1. The Balaban J connectivity index is 1.96. The van der Waals surface area contributed by atoms with Crippen molar-refractivity contribution in [2.75, 3.05) is 5.32 Å². The zero-order valence-corrected chi connectivity index (χ0v) is 9.86. The van der Waals surface area contributed by atoms with Crippen LogP contribution in [0, 0.1) is 5.82 Å². The second kappa shape index (κ2) is 5.48. The molecule has 1 unspecified atom stereocenters. The summed E-state index contributed by atoms with van der Waals surface area (Å²) in [5.41, 5.74) is 2.11. The second-order valence-corrected chi connectivity index (χ2v) is 4.25. The molecule has 2 aromatic rings. The van der Waals surface area contributed by atoms with E-state index in [4.69, 9.17) is 0 Å². The molecule has 88 valence electrons. The van der Waals surface area contributed by atoms with Crippen LogP contribution < -0.4 is 5.32 Å². The summed E-state index contributed by atoms with van der Waals surface area (Å²) in [6.07, 6.45) is 0.928. The minimum Gasteiger partial charge on any atom is -0.382 e. The van der Waals surface area contributed by atoms with Gasteiger partial charge in [0.1, 0.15) is 5.82 Å². The molecule has 1 atom stereocenters. The van der Waals surface area contributed by atoms with E-state index in [9.17, 15) is 4.39 Å². The summed E-state index contributed by atoms with van der Waals surface area (Å²) in [5, 5.41) is 3.29. The fourth-order valence-corrected chi connectivity index (χ4v) is 1.88. The maximum absolute atomic E-state index is 13.0. The summed E-state index contributed by atoms with van der Waals surface area (Å²) in [6.45, 7) is 2.10. The van der Waals surface area contributed by atoms with Gasteiger partial charge in [0.05, 0.1) is 0 Å². The van der Waals surface area contributed by atoms with Crippen LogP contribution in [0.25, 0.3) is 0 Å². The van der Waals surface area contributed by atoms with Crippen molar-refractivity contribution in [1.82, 2.24) is 0 Å². The molecule has 1 nitrogen and oxygen atoms in total. The predicted octanol–water partition coefficient (Wildman–Crippen LogP) is 3.87. The van der Waals surface area contributed by atoms with E-state index in [1.54, 1.807) is 6.07 Å². The van der Waals surface area contributed by atoms with Crippen molar-refractivity contribution in [2.24, 2.45) is 0 Å². The zero-order chi connectivity index (χ0) is 12.1. The van der Waals surface area contributed by atoms with Crippen LogP contribution >= 0.6 is 0 Å². The highest BCUT2D eigenvalue weighted by molar-refractivity contribution is 5.44. The van der Waals surface area contributed by atoms with E-state index >= 15 is 0 Å². The third-order valence-corrected chi connectivity index (χ3v) is 2.62. The molecule has 0 aliphatic rings. The average Bonchev–Trinajstić information content (AvgIpc) is 2.30. The minimum absolute atomic E-state index is 0.207. The first-order valence-corrected chi connectivity index (χ1v) is 5.80. The van der Waals surface area contributed by atoms with Gasteiger partial charge in [-0.25, -0.2) is 4.39 Å². The number of benzene rings is 2. The lowest BCUT2D eigenvalue weighted by Crippen LogP contribution is -2.17. The van der Waals surface area contributed by atoms with Gasteiger partial charge in [-0.3, -0.25) is 0 Å². The quantitative estimate of drug-likeness (QED) is 0.839. The minimum atomic E-state index is -0.207. The van der Waals surface area contributed by atoms with E-state index in [-0.39, 0.29) is 11.9 Å². The Hall–Kier alpha value is -1.83. The normalized spacial score (nSPS) is 12.1. The van der Waals surface area contributed by atoms with Gasteiger partial charge >= 0.3 is 0 Å². The summed E-state index contributed by atoms with van der Waals surface area (Å²) in [4.78, 5) is 0. The smallest absolute Gasteiger partial charge is 0.125 e. The number of hydrogen-bond donors (Lipinski definition) is 1. The topological polar surface area (TPSA) is 12.0 Å². The highest BCUT2D eigenvalue weighted by Crippen LogP contribution is 2.12. The van der Waals surface area contributed by atoms with E-state index in [1.807, 2.05) is 24.3 Å². The number of anilines is 1. The van der Waals surface area contributed by atoms with Gasteiger partial charge in [-0.05, 0) is 37.1 Å². The number of hydrogen-bond acceptors (Lipinski definition) is 1. The molecule has 2 rings (SSSR count). The van der Waals surface area contributed by atoms with Crippen LogP contribution in [0.5, 0.6) is 0 Å². The van der Waals surface area contributed by atoms with Crippen molar-refractivity contribution in [2.45, 2.75) is 19.4 Å². The molecule has 0 aromatic heterocycles. The summed E-state index contributed by atoms with van der Waals surface area (Å²) in [7, 11) is 0. The van der Waals surface area contributed by atoms with Crippen LogP contribution in [-0.2, 0) is 6.42 Å². The van der Waals surface area contributed by atoms with Crippen molar-refractivity contribution < 1.29 is 4.39 Å². The molecule has 2 heteroatoms. The SMILES string of the molecule is CC(Cc1ccccc1)Nc1cccc(F)c1. The lowest BCUT2D eigenvalue weighted by atomic mass is 10.1. The average molecular weight is 229 g/mol. The molecule has 0 saturated heterocycles. The van der Waals surface area contributed by atoms with Gasteiger partial charge in [0.2, 0.25) is 0 Å². The molecule has 0 radical (unpaired) electrons. The highest BCUT2D eigenvalue weighted by atomic mass is 19.1. The fraction of sp³-hybridized carbons (Fsp3) is 0.200. The Morgan fingerprint density at radius 2 is 1.82 bits per heavy atom. The zero-order valence-electron chi connectivity index (χ0n) is 9.86. The Kier molecular flexibility index (Phi) is 3.76. The van der Waals surface area contributed by atoms with E-state index in [2.05, 4.69) is 24.4 Å². The molecule has 0 aliphatic heterocycles. The fourth-order valence-electron chi connectivity index (χ4n) is 1.88. The first-order valence-electron chi connectivity index (χ1n) is 5.80. The Morgan fingerprint density at radius 1 is 1.06 bits per heavy atom. The van der Waals surface area contributed by atoms with Gasteiger partial charge < -0.3 is 5.32 Å². The van der Waals surface area contributed by atoms with Gasteiger partial charge in [0.15, 0.2) is 0 Å². The largest absolute Gasteiger partial charge is 0.382 e. The lowest BCUT2D eigenvalue weighted by molar-refractivity contribution is 0.627. The van der Waals surface area contributed by atoms with E-state index in [1.165, 1.54) is 17.7 Å². The third-order valence-electron chi connectivity index (χ3n) is 2.62. The maximum atomic E-state index is 13.0. The molecule has 0 heterocycles. The van der Waals surface area contributed by atoms with Crippen LogP contribution in [0.4, 0.5) is 10.1 Å². The van der Waals surface area contributed by atoms with Gasteiger partial charge in [0.25, 0.3) is 0 Å². The summed E-state index contributed by atoms with van der Waals surface area (Å²) in [6, 6.07) is 17.1. The summed E-state index contributed by atoms with van der Waals surface area (Å²) >= 11 is 0. The van der Waals surface area contributed by atoms with Crippen LogP contribution in [0.2, 0.25) is 0 Å². The highest BCUT2D eigenvalue weighted by Gasteiger charge is 2.03. The van der Waals surface area contributed by atoms with Crippen LogP contribution in [0.1, 0.15) is 12.5 Å². The molecule has 1 N–H and O–H groups in total. The first kappa shape index (κ1) is 11.6. The van der Waals surface area contributed by atoms with E-state index < -0.39 is 0 Å². The molecular formula is C15H16FN. The molecule has 0 amide bonds. The molecule has 0 aliphatic carbocycles. The van der Waals surface area contributed by atoms with Crippen molar-refractivity contribution >= 4 is 5.69 Å². The summed E-state index contributed by atoms with van der Waals surface area (Å²) in [5.74, 6) is -0.207. The third kappa shape index (κ3) is 3.59. The summed E-state index contributed by atoms with van der Waals surface area (Å²) < 4.78 is 13.0. The Morgan fingerprint density at radius 3 is 2.53 bits per heavy atom. The van der Waals surface area contributed by atoms with E-state index in [0.29, 0.717) is 0 Å². The lowest BCUT2D eigenvalue weighted by Gasteiger charge is -2.15. The number of nitrogens with one attached hydrogen (secondary N) is 1.